The van der Waals surface area contributed by atoms with Crippen LogP contribution in [-0.4, -0.2) is 43.1 Å². The molecule has 4 aromatic rings. The van der Waals surface area contributed by atoms with Gasteiger partial charge in [0.1, 0.15) is 5.82 Å². The van der Waals surface area contributed by atoms with E-state index in [9.17, 15) is 9.59 Å². The fraction of sp³-hybridized carbons (Fsp3) is 0.385. The van der Waals surface area contributed by atoms with Gasteiger partial charge in [-0.3, -0.25) is 18.6 Å². The Hall–Kier alpha value is -3.48. The lowest BCUT2D eigenvalue weighted by Gasteiger charge is -2.30. The molecule has 1 amide bonds. The average molecular weight is 444 g/mol. The molecule has 0 spiro atoms. The Labute approximate surface area is 192 Å². The topological polar surface area (TPSA) is 72.5 Å². The number of benzene rings is 2. The van der Waals surface area contributed by atoms with E-state index in [0.29, 0.717) is 42.3 Å². The van der Waals surface area contributed by atoms with Crippen LogP contribution in [0.5, 0.6) is 0 Å². The second kappa shape index (κ2) is 8.81. The van der Waals surface area contributed by atoms with Crippen molar-refractivity contribution in [3.05, 3.63) is 75.8 Å². The maximum absolute atomic E-state index is 13.3. The van der Waals surface area contributed by atoms with Crippen molar-refractivity contribution in [1.29, 1.82) is 0 Å². The Bertz CT molecular complexity index is 1360. The molecule has 0 aliphatic carbocycles. The number of amides is 1. The van der Waals surface area contributed by atoms with Crippen molar-refractivity contribution in [2.24, 2.45) is 5.92 Å². The number of aryl methyl sites for hydroxylation is 2. The van der Waals surface area contributed by atoms with Crippen molar-refractivity contribution in [3.8, 4) is 0 Å². The molecule has 3 heterocycles. The lowest BCUT2D eigenvalue weighted by molar-refractivity contribution is -0.132. The Morgan fingerprint density at radius 2 is 1.76 bits per heavy atom. The first kappa shape index (κ1) is 21.4. The summed E-state index contributed by atoms with van der Waals surface area (Å²) in [5, 5.41) is 9.43. The minimum absolute atomic E-state index is 0.0869. The molecule has 0 atom stereocenters. The van der Waals surface area contributed by atoms with Gasteiger partial charge in [0.2, 0.25) is 11.7 Å². The third kappa shape index (κ3) is 4.15. The van der Waals surface area contributed by atoms with E-state index in [0.717, 1.165) is 37.0 Å². The normalized spacial score (nSPS) is 14.9. The van der Waals surface area contributed by atoms with Crippen LogP contribution in [0.3, 0.4) is 0 Å². The summed E-state index contributed by atoms with van der Waals surface area (Å²) in [4.78, 5) is 28.1. The lowest BCUT2D eigenvalue weighted by atomic mass is 9.99. The minimum Gasteiger partial charge on any atom is -0.343 e. The number of fused-ring (bicyclic) bond motifs is 3. The highest BCUT2D eigenvalue weighted by atomic mass is 16.2. The van der Waals surface area contributed by atoms with E-state index in [-0.39, 0.29) is 11.5 Å². The summed E-state index contributed by atoms with van der Waals surface area (Å²) in [7, 11) is 0. The highest BCUT2D eigenvalue weighted by molar-refractivity contribution is 5.80. The van der Waals surface area contributed by atoms with Crippen LogP contribution in [0.4, 0.5) is 0 Å². The zero-order chi connectivity index (χ0) is 22.9. The number of piperidine rings is 1. The van der Waals surface area contributed by atoms with Crippen LogP contribution in [0.1, 0.15) is 43.1 Å². The highest BCUT2D eigenvalue weighted by Gasteiger charge is 2.22. The summed E-state index contributed by atoms with van der Waals surface area (Å²) in [5.74, 6) is 2.06. The van der Waals surface area contributed by atoms with E-state index in [4.69, 9.17) is 0 Å². The third-order valence-electron chi connectivity index (χ3n) is 6.74. The summed E-state index contributed by atoms with van der Waals surface area (Å²) >= 11 is 0. The maximum atomic E-state index is 13.3. The number of hydrogen-bond acceptors (Lipinski definition) is 4. The van der Waals surface area contributed by atoms with Gasteiger partial charge < -0.3 is 4.90 Å². The quantitative estimate of drug-likeness (QED) is 0.473. The number of aromatic nitrogens is 4. The van der Waals surface area contributed by atoms with Gasteiger partial charge >= 0.3 is 0 Å². The van der Waals surface area contributed by atoms with Gasteiger partial charge in [-0.1, -0.05) is 48.9 Å². The largest absolute Gasteiger partial charge is 0.343 e. The molecule has 0 N–H and O–H groups in total. The van der Waals surface area contributed by atoms with Gasteiger partial charge in [0.05, 0.1) is 17.4 Å². The molecule has 7 heteroatoms. The second-order valence-corrected chi connectivity index (χ2v) is 9.21. The van der Waals surface area contributed by atoms with Crippen molar-refractivity contribution in [2.45, 2.75) is 46.1 Å². The minimum atomic E-state index is -0.0869. The number of hydrogen-bond donors (Lipinski definition) is 0. The molecule has 170 valence electrons. The van der Waals surface area contributed by atoms with Crippen molar-refractivity contribution in [1.82, 2.24) is 24.1 Å². The fourth-order valence-electron chi connectivity index (χ4n) is 4.63. The average Bonchev–Trinajstić information content (AvgIpc) is 3.26. The van der Waals surface area contributed by atoms with Gasteiger partial charge in [-0.05, 0) is 43.4 Å². The summed E-state index contributed by atoms with van der Waals surface area (Å²) in [6.45, 7) is 6.36. The SMILES string of the molecule is Cc1ccc(Cn2c(=O)c3ccccc3n3c(CCC(=O)N4CCC(C)CC4)nnc23)cc1. The number of carbonyl (C=O) groups excluding carboxylic acids is 1. The van der Waals surface area contributed by atoms with Crippen LogP contribution in [-0.2, 0) is 17.8 Å². The Morgan fingerprint density at radius 1 is 1.03 bits per heavy atom. The molecule has 33 heavy (non-hydrogen) atoms. The molecular weight excluding hydrogens is 414 g/mol. The predicted octanol–water partition coefficient (Wildman–Crippen LogP) is 3.59. The van der Waals surface area contributed by atoms with Gasteiger partial charge in [0.15, 0.2) is 0 Å². The van der Waals surface area contributed by atoms with E-state index >= 15 is 0 Å². The summed E-state index contributed by atoms with van der Waals surface area (Å²) < 4.78 is 3.62. The first-order valence-corrected chi connectivity index (χ1v) is 11.7. The van der Waals surface area contributed by atoms with Gasteiger partial charge in [0, 0.05) is 25.9 Å². The first-order chi connectivity index (χ1) is 16.0. The second-order valence-electron chi connectivity index (χ2n) is 9.21. The first-order valence-electron chi connectivity index (χ1n) is 11.7. The fourth-order valence-corrected chi connectivity index (χ4v) is 4.63. The number of para-hydroxylation sites is 1. The molecule has 1 aliphatic rings. The molecule has 2 aromatic heterocycles. The van der Waals surface area contributed by atoms with Gasteiger partial charge in [0.25, 0.3) is 5.56 Å². The van der Waals surface area contributed by atoms with Crippen molar-refractivity contribution in [2.75, 3.05) is 13.1 Å². The van der Waals surface area contributed by atoms with E-state index in [1.165, 1.54) is 5.56 Å². The van der Waals surface area contributed by atoms with Crippen LogP contribution in [0, 0.1) is 12.8 Å². The molecule has 0 radical (unpaired) electrons. The zero-order valence-electron chi connectivity index (χ0n) is 19.2. The molecule has 7 nitrogen and oxygen atoms in total. The highest BCUT2D eigenvalue weighted by Crippen LogP contribution is 2.19. The van der Waals surface area contributed by atoms with Crippen LogP contribution in [0.25, 0.3) is 16.7 Å². The monoisotopic (exact) mass is 443 g/mol. The lowest BCUT2D eigenvalue weighted by Crippen LogP contribution is -2.38. The van der Waals surface area contributed by atoms with Crippen LogP contribution in [0.15, 0.2) is 53.3 Å². The number of rotatable bonds is 5. The predicted molar refractivity (Wildman–Crippen MR) is 128 cm³/mol. The smallest absolute Gasteiger partial charge is 0.263 e. The Balaban J connectivity index is 1.50. The van der Waals surface area contributed by atoms with Crippen LogP contribution in [0.2, 0.25) is 0 Å². The van der Waals surface area contributed by atoms with Crippen LogP contribution >= 0.6 is 0 Å². The maximum Gasteiger partial charge on any atom is 0.263 e. The summed E-state index contributed by atoms with van der Waals surface area (Å²) in [6.07, 6.45) is 3.00. The molecule has 0 bridgehead atoms. The van der Waals surface area contributed by atoms with Gasteiger partial charge in [-0.15, -0.1) is 10.2 Å². The Morgan fingerprint density at radius 3 is 2.52 bits per heavy atom. The molecule has 0 saturated carbocycles. The van der Waals surface area contributed by atoms with Gasteiger partial charge in [-0.25, -0.2) is 0 Å². The van der Waals surface area contributed by atoms with Crippen molar-refractivity contribution >= 4 is 22.6 Å². The van der Waals surface area contributed by atoms with E-state index in [1.807, 2.05) is 64.8 Å². The summed E-state index contributed by atoms with van der Waals surface area (Å²) in [5.41, 5.74) is 2.89. The zero-order valence-corrected chi connectivity index (χ0v) is 19.2. The molecule has 1 fully saturated rings. The summed E-state index contributed by atoms with van der Waals surface area (Å²) in [6, 6.07) is 15.7. The van der Waals surface area contributed by atoms with E-state index in [2.05, 4.69) is 17.1 Å². The number of nitrogens with zero attached hydrogens (tertiary/aromatic N) is 5. The van der Waals surface area contributed by atoms with E-state index < -0.39 is 0 Å². The molecule has 5 rings (SSSR count). The molecule has 0 unspecified atom stereocenters. The molecule has 1 saturated heterocycles. The van der Waals surface area contributed by atoms with E-state index in [1.54, 1.807) is 4.57 Å². The van der Waals surface area contributed by atoms with Crippen molar-refractivity contribution in [3.63, 3.8) is 0 Å². The molecule has 1 aliphatic heterocycles. The van der Waals surface area contributed by atoms with Crippen LogP contribution < -0.4 is 5.56 Å². The molecular formula is C26H29N5O2. The van der Waals surface area contributed by atoms with Gasteiger partial charge in [-0.2, -0.15) is 0 Å². The number of likely N-dealkylation sites (tertiary alicyclic amines) is 1. The number of carbonyl (C=O) groups is 1. The standard InChI is InChI=1S/C26H29N5O2/c1-18-7-9-20(10-8-18)17-30-25(33)21-5-3-4-6-22(21)31-23(27-28-26(30)31)11-12-24(32)29-15-13-19(2)14-16-29/h3-10,19H,11-17H2,1-2H3. The molecule has 2 aromatic carbocycles. The van der Waals surface area contributed by atoms with Crippen molar-refractivity contribution < 1.29 is 4.79 Å². The Kier molecular flexibility index (Phi) is 5.70. The third-order valence-corrected chi connectivity index (χ3v) is 6.74.